The lowest BCUT2D eigenvalue weighted by Gasteiger charge is -2.26. The summed E-state index contributed by atoms with van der Waals surface area (Å²) < 4.78 is 35.3. The highest BCUT2D eigenvalue weighted by Crippen LogP contribution is 2.39. The van der Waals surface area contributed by atoms with Gasteiger partial charge >= 0.3 is 0 Å². The molecule has 4 atom stereocenters. The largest absolute Gasteiger partial charge is 0.744 e. The second-order valence-electron chi connectivity index (χ2n) is 8.08. The van der Waals surface area contributed by atoms with Gasteiger partial charge in [-0.15, -0.1) is 10.2 Å². The maximum Gasteiger partial charge on any atom is 0.273 e. The number of anilines is 1. The first-order chi connectivity index (χ1) is 17.8. The average molecular weight is 552 g/mol. The van der Waals surface area contributed by atoms with Crippen molar-refractivity contribution in [2.75, 3.05) is 18.5 Å². The van der Waals surface area contributed by atoms with Crippen molar-refractivity contribution < 1.29 is 48.5 Å². The fraction of sp³-hybridized carbons (Fsp3) is 0.273. The standard InChI is InChI=1S/C22H24N4O11S/c27-10-18(30)22(32)21(31)17(29)9-23-15-7-5-12-13(2-1-3-19(12)38(35,36)37)20(15)25-24-14-6-4-11(26(33)34)8-16(14)28/h1-8,17-18,21-23,27-32H,9-10H2,(H,35,36,37)/p-1. The molecule has 0 saturated heterocycles. The van der Waals surface area contributed by atoms with E-state index in [1.807, 2.05) is 0 Å². The third kappa shape index (κ3) is 6.37. The normalized spacial score (nSPS) is 15.3. The highest BCUT2D eigenvalue weighted by atomic mass is 32.2. The molecule has 38 heavy (non-hydrogen) atoms. The monoisotopic (exact) mass is 551 g/mol. The number of phenolic OH excluding ortho intramolecular Hbond substituents is 1. The third-order valence-electron chi connectivity index (χ3n) is 5.52. The molecule has 3 aromatic carbocycles. The summed E-state index contributed by atoms with van der Waals surface area (Å²) in [5, 5.41) is 80.2. The lowest BCUT2D eigenvalue weighted by Crippen LogP contribution is -2.48. The number of rotatable bonds is 11. The summed E-state index contributed by atoms with van der Waals surface area (Å²) in [7, 11) is -4.89. The second-order valence-corrected chi connectivity index (χ2v) is 9.42. The van der Waals surface area contributed by atoms with Crippen LogP contribution in [0.2, 0.25) is 0 Å². The molecular weight excluding hydrogens is 528 g/mol. The minimum atomic E-state index is -4.89. The molecule has 0 bridgehead atoms. The van der Waals surface area contributed by atoms with Crippen molar-refractivity contribution in [3.63, 3.8) is 0 Å². The highest BCUT2D eigenvalue weighted by molar-refractivity contribution is 7.86. The van der Waals surface area contributed by atoms with Crippen LogP contribution in [0.25, 0.3) is 10.8 Å². The third-order valence-corrected chi connectivity index (χ3v) is 6.41. The summed E-state index contributed by atoms with van der Waals surface area (Å²) in [6.45, 7) is -1.30. The number of hydrogen-bond acceptors (Lipinski definition) is 14. The molecule has 0 radical (unpaired) electrons. The van der Waals surface area contributed by atoms with Crippen LogP contribution in [0.5, 0.6) is 5.75 Å². The van der Waals surface area contributed by atoms with Gasteiger partial charge < -0.3 is 40.5 Å². The van der Waals surface area contributed by atoms with E-state index in [9.17, 15) is 48.6 Å². The van der Waals surface area contributed by atoms with Gasteiger partial charge in [-0.2, -0.15) is 0 Å². The van der Waals surface area contributed by atoms with Crippen LogP contribution >= 0.6 is 0 Å². The van der Waals surface area contributed by atoms with E-state index in [1.165, 1.54) is 24.3 Å². The number of non-ortho nitro benzene ring substituents is 1. The Kier molecular flexibility index (Phi) is 8.89. The van der Waals surface area contributed by atoms with Gasteiger partial charge in [-0.3, -0.25) is 10.1 Å². The Morgan fingerprint density at radius 3 is 2.24 bits per heavy atom. The van der Waals surface area contributed by atoms with E-state index in [2.05, 4.69) is 15.5 Å². The molecule has 0 aliphatic heterocycles. The first kappa shape index (κ1) is 28.8. The predicted molar refractivity (Wildman–Crippen MR) is 130 cm³/mol. The second kappa shape index (κ2) is 11.7. The van der Waals surface area contributed by atoms with Crippen LogP contribution in [0.3, 0.4) is 0 Å². The SMILES string of the molecule is O=[N+]([O-])c1ccc(N=Nc2c(NCC(O)C(O)C(O)C(O)CO)ccc3c(S(=O)(=O)[O-])cccc23)c(O)c1. The molecular formula is C22H23N4O11S-. The zero-order chi connectivity index (χ0) is 28.2. The molecule has 3 aromatic rings. The number of nitro groups is 1. The number of aliphatic hydroxyl groups is 5. The first-order valence-corrected chi connectivity index (χ1v) is 12.2. The molecule has 0 aliphatic rings. The Morgan fingerprint density at radius 1 is 0.947 bits per heavy atom. The van der Waals surface area contributed by atoms with E-state index in [0.717, 1.165) is 24.3 Å². The zero-order valence-electron chi connectivity index (χ0n) is 19.3. The Labute approximate surface area is 214 Å². The molecule has 0 spiro atoms. The minimum Gasteiger partial charge on any atom is -0.744 e. The lowest BCUT2D eigenvalue weighted by atomic mass is 10.0. The van der Waals surface area contributed by atoms with Crippen molar-refractivity contribution in [3.05, 3.63) is 58.6 Å². The van der Waals surface area contributed by atoms with Gasteiger partial charge in [0.15, 0.2) is 0 Å². The topological polar surface area (TPSA) is 258 Å². The highest BCUT2D eigenvalue weighted by Gasteiger charge is 2.30. The lowest BCUT2D eigenvalue weighted by molar-refractivity contribution is -0.384. The molecule has 0 amide bonds. The van der Waals surface area contributed by atoms with Gasteiger partial charge in [0.05, 0.1) is 34.3 Å². The number of fused-ring (bicyclic) bond motifs is 1. The van der Waals surface area contributed by atoms with Gasteiger partial charge in [0.1, 0.15) is 45.6 Å². The fourth-order valence-electron chi connectivity index (χ4n) is 3.49. The average Bonchev–Trinajstić information content (AvgIpc) is 2.88. The predicted octanol–water partition coefficient (Wildman–Crippen LogP) is 0.621. The number of nitrogens with one attached hydrogen (secondary N) is 1. The Hall–Kier alpha value is -3.77. The Morgan fingerprint density at radius 2 is 1.63 bits per heavy atom. The van der Waals surface area contributed by atoms with Crippen LogP contribution in [0.15, 0.2) is 63.7 Å². The molecule has 16 heteroatoms. The van der Waals surface area contributed by atoms with Gasteiger partial charge in [-0.25, -0.2) is 8.42 Å². The maximum absolute atomic E-state index is 11.8. The maximum atomic E-state index is 11.8. The first-order valence-electron chi connectivity index (χ1n) is 10.8. The summed E-state index contributed by atoms with van der Waals surface area (Å²) in [5.41, 5.74) is -0.544. The minimum absolute atomic E-state index is 0.0167. The van der Waals surface area contributed by atoms with E-state index in [0.29, 0.717) is 0 Å². The van der Waals surface area contributed by atoms with Crippen LogP contribution in [0, 0.1) is 10.1 Å². The van der Waals surface area contributed by atoms with E-state index in [4.69, 9.17) is 5.11 Å². The molecule has 3 rings (SSSR count). The molecule has 7 N–H and O–H groups in total. The van der Waals surface area contributed by atoms with Gasteiger partial charge in [0.25, 0.3) is 5.69 Å². The number of aliphatic hydroxyl groups excluding tert-OH is 5. The number of azo groups is 1. The van der Waals surface area contributed by atoms with Crippen molar-refractivity contribution in [2.24, 2.45) is 10.2 Å². The number of benzene rings is 3. The molecule has 0 aromatic heterocycles. The van der Waals surface area contributed by atoms with Gasteiger partial charge in [0.2, 0.25) is 0 Å². The van der Waals surface area contributed by atoms with E-state index in [-0.39, 0.29) is 27.8 Å². The van der Waals surface area contributed by atoms with Crippen molar-refractivity contribution in [3.8, 4) is 5.75 Å². The molecule has 4 unspecified atom stereocenters. The van der Waals surface area contributed by atoms with E-state index < -0.39 is 68.9 Å². The van der Waals surface area contributed by atoms with Gasteiger partial charge in [0, 0.05) is 23.4 Å². The smallest absolute Gasteiger partial charge is 0.273 e. The number of aromatic hydroxyl groups is 1. The molecule has 0 saturated carbocycles. The summed E-state index contributed by atoms with van der Waals surface area (Å²) in [4.78, 5) is 9.62. The number of nitrogens with zero attached hydrogens (tertiary/aromatic N) is 3. The summed E-state index contributed by atoms with van der Waals surface area (Å²) in [6.07, 6.45) is -7.13. The Balaban J connectivity index is 2.04. The van der Waals surface area contributed by atoms with Gasteiger partial charge in [-0.05, 0) is 18.2 Å². The summed E-state index contributed by atoms with van der Waals surface area (Å²) in [5.74, 6) is -0.574. The Bertz CT molecular complexity index is 1470. The fourth-order valence-corrected chi connectivity index (χ4v) is 4.19. The molecule has 15 nitrogen and oxygen atoms in total. The number of phenols is 1. The van der Waals surface area contributed by atoms with Crippen LogP contribution < -0.4 is 5.32 Å². The molecule has 0 fully saturated rings. The molecule has 0 heterocycles. The molecule has 0 aliphatic carbocycles. The molecule has 204 valence electrons. The van der Waals surface area contributed by atoms with Crippen molar-refractivity contribution in [1.82, 2.24) is 0 Å². The van der Waals surface area contributed by atoms with E-state index >= 15 is 0 Å². The van der Waals surface area contributed by atoms with Crippen molar-refractivity contribution in [2.45, 2.75) is 29.3 Å². The summed E-state index contributed by atoms with van der Waals surface area (Å²) >= 11 is 0. The van der Waals surface area contributed by atoms with Crippen LogP contribution in [0.4, 0.5) is 22.7 Å². The van der Waals surface area contributed by atoms with E-state index in [1.54, 1.807) is 0 Å². The number of hydrogen-bond donors (Lipinski definition) is 7. The number of nitro benzene ring substituents is 1. The van der Waals surface area contributed by atoms with Crippen LogP contribution in [0.1, 0.15) is 0 Å². The summed E-state index contributed by atoms with van der Waals surface area (Å²) in [6, 6.07) is 9.43. The van der Waals surface area contributed by atoms with Crippen molar-refractivity contribution >= 4 is 43.6 Å². The quantitative estimate of drug-likeness (QED) is 0.0748. The van der Waals surface area contributed by atoms with Gasteiger partial charge in [-0.1, -0.05) is 18.2 Å². The van der Waals surface area contributed by atoms with Crippen LogP contribution in [-0.4, -0.2) is 86.1 Å². The van der Waals surface area contributed by atoms with Crippen LogP contribution in [-0.2, 0) is 10.1 Å². The zero-order valence-corrected chi connectivity index (χ0v) is 20.1. The van der Waals surface area contributed by atoms with Crippen molar-refractivity contribution in [1.29, 1.82) is 0 Å².